The third kappa shape index (κ3) is 10.9. The second kappa shape index (κ2) is 16.1. The first-order valence-electron chi connectivity index (χ1n) is 14.5. The number of hydrogen-bond donors (Lipinski definition) is 6. The van der Waals surface area contributed by atoms with Crippen molar-refractivity contribution in [3.05, 3.63) is 88.1 Å². The van der Waals surface area contributed by atoms with Crippen LogP contribution in [0.4, 0.5) is 5.69 Å². The van der Waals surface area contributed by atoms with Crippen LogP contribution >= 0.6 is 11.3 Å². The van der Waals surface area contributed by atoms with Crippen LogP contribution in [0.5, 0.6) is 0 Å². The fraction of sp³-hybridized carbons (Fsp3) is 0.312. The number of carbonyl (C=O) groups excluding carboxylic acids is 5. The van der Waals surface area contributed by atoms with Gasteiger partial charge in [0.05, 0.1) is 6.54 Å². The van der Waals surface area contributed by atoms with Gasteiger partial charge in [-0.15, -0.1) is 11.3 Å². The highest BCUT2D eigenvalue weighted by Gasteiger charge is 2.26. The molecule has 3 aromatic rings. The number of nitrogens with one attached hydrogen (secondary N) is 5. The molecule has 0 radical (unpaired) electrons. The van der Waals surface area contributed by atoms with Crippen LogP contribution in [-0.2, 0) is 48.0 Å². The summed E-state index contributed by atoms with van der Waals surface area (Å²) in [6.07, 6.45) is -0.0455. The van der Waals surface area contributed by atoms with Gasteiger partial charge in [0.15, 0.2) is 0 Å². The van der Waals surface area contributed by atoms with E-state index in [2.05, 4.69) is 26.6 Å². The van der Waals surface area contributed by atoms with Crippen LogP contribution < -0.4 is 26.6 Å². The molecule has 2 bridgehead atoms. The summed E-state index contributed by atoms with van der Waals surface area (Å²) in [7, 11) is 0. The molecule has 13 heteroatoms. The first kappa shape index (κ1) is 32.9. The van der Waals surface area contributed by atoms with Crippen molar-refractivity contribution in [1.29, 1.82) is 0 Å². The molecule has 0 unspecified atom stereocenters. The predicted molar refractivity (Wildman–Crippen MR) is 167 cm³/mol. The first-order chi connectivity index (χ1) is 21.6. The molecule has 2 aliphatic heterocycles. The molecule has 236 valence electrons. The predicted octanol–water partition coefficient (Wildman–Crippen LogP) is 1.55. The van der Waals surface area contributed by atoms with Crippen LogP contribution in [0.2, 0.25) is 0 Å². The Labute approximate surface area is 264 Å². The van der Waals surface area contributed by atoms with Gasteiger partial charge in [0, 0.05) is 48.7 Å². The van der Waals surface area contributed by atoms with Gasteiger partial charge in [-0.05, 0) is 41.1 Å². The van der Waals surface area contributed by atoms with Crippen LogP contribution in [0.3, 0.4) is 0 Å². The standard InChI is InChI=1S/C32H35N5O7S/c38-27-12-13-28(39)36-25(18-24-7-4-14-45-24)31(42)33-19-30(41)35-23(15-20-5-2-1-3-6-20)17-29(40)37-26(32(43)44)16-21-8-10-22(34-27)11-9-21/h1-11,14,23,25-26H,12-13,15-19H2,(H,33,42)(H,34,38)(H,35,41)(H,36,39)(H,37,40)(H,43,44)/t23-,25-,26+/m1/s1. The highest BCUT2D eigenvalue weighted by molar-refractivity contribution is 7.09. The largest absolute Gasteiger partial charge is 0.480 e. The molecule has 0 spiro atoms. The van der Waals surface area contributed by atoms with E-state index >= 15 is 0 Å². The van der Waals surface area contributed by atoms with Crippen molar-refractivity contribution < 1.29 is 33.9 Å². The number of thiophene rings is 1. The fourth-order valence-electron chi connectivity index (χ4n) is 4.84. The molecule has 5 rings (SSSR count). The lowest BCUT2D eigenvalue weighted by atomic mass is 10.0. The number of hydrogen-bond acceptors (Lipinski definition) is 7. The van der Waals surface area contributed by atoms with E-state index in [4.69, 9.17) is 0 Å². The van der Waals surface area contributed by atoms with Crippen LogP contribution in [0.1, 0.15) is 35.3 Å². The summed E-state index contributed by atoms with van der Waals surface area (Å²) in [4.78, 5) is 77.2. The molecule has 0 fully saturated rings. The van der Waals surface area contributed by atoms with Gasteiger partial charge < -0.3 is 31.7 Å². The number of carboxylic acids is 1. The van der Waals surface area contributed by atoms with Crippen molar-refractivity contribution in [1.82, 2.24) is 21.3 Å². The molecule has 0 saturated carbocycles. The van der Waals surface area contributed by atoms with Crippen molar-refractivity contribution in [2.24, 2.45) is 0 Å². The summed E-state index contributed by atoms with van der Waals surface area (Å²) in [6.45, 7) is -0.418. The highest BCUT2D eigenvalue weighted by Crippen LogP contribution is 2.14. The molecule has 0 aliphatic carbocycles. The van der Waals surface area contributed by atoms with Gasteiger partial charge in [0.1, 0.15) is 12.1 Å². The Kier molecular flexibility index (Phi) is 11.8. The highest BCUT2D eigenvalue weighted by atomic mass is 32.1. The maximum atomic E-state index is 13.1. The molecule has 45 heavy (non-hydrogen) atoms. The smallest absolute Gasteiger partial charge is 0.326 e. The Morgan fingerprint density at radius 2 is 1.49 bits per heavy atom. The van der Waals surface area contributed by atoms with E-state index in [1.165, 1.54) is 11.3 Å². The number of fused-ring (bicyclic) bond motifs is 19. The first-order valence-corrected chi connectivity index (χ1v) is 15.4. The molecule has 2 aliphatic rings. The van der Waals surface area contributed by atoms with Gasteiger partial charge in [0.25, 0.3) is 0 Å². The van der Waals surface area contributed by atoms with E-state index in [1.54, 1.807) is 24.3 Å². The zero-order valence-electron chi connectivity index (χ0n) is 24.4. The lowest BCUT2D eigenvalue weighted by Gasteiger charge is -2.22. The quantitative estimate of drug-likeness (QED) is 0.230. The third-order valence-electron chi connectivity index (χ3n) is 7.07. The molecular formula is C32H35N5O7S. The number of carboxylic acid groups (broad SMARTS) is 1. The molecule has 5 amide bonds. The van der Waals surface area contributed by atoms with E-state index in [0.717, 1.165) is 10.4 Å². The second-order valence-corrected chi connectivity index (χ2v) is 11.7. The van der Waals surface area contributed by atoms with E-state index in [-0.39, 0.29) is 38.5 Å². The van der Waals surface area contributed by atoms with Crippen LogP contribution in [0.25, 0.3) is 0 Å². The summed E-state index contributed by atoms with van der Waals surface area (Å²) in [5, 5.41) is 24.9. The Balaban J connectivity index is 1.55. The monoisotopic (exact) mass is 633 g/mol. The minimum Gasteiger partial charge on any atom is -0.480 e. The number of rotatable bonds is 5. The SMILES string of the molecule is O=C1CCC(=O)N[C@H](Cc2cccs2)C(=O)NCC(=O)N[C@H](Cc2ccccc2)CC(=O)N[C@H](C(=O)O)Cc2ccc(cc2)N1. The van der Waals surface area contributed by atoms with E-state index in [1.807, 2.05) is 47.8 Å². The van der Waals surface area contributed by atoms with Crippen LogP contribution in [-0.4, -0.2) is 65.3 Å². The van der Waals surface area contributed by atoms with Crippen molar-refractivity contribution in [3.63, 3.8) is 0 Å². The molecule has 1 aromatic heterocycles. The minimum absolute atomic E-state index is 0.0101. The topological polar surface area (TPSA) is 183 Å². The maximum absolute atomic E-state index is 13.1. The van der Waals surface area contributed by atoms with Gasteiger partial charge in [-0.1, -0.05) is 48.5 Å². The van der Waals surface area contributed by atoms with E-state index in [0.29, 0.717) is 11.3 Å². The Morgan fingerprint density at radius 3 is 2.18 bits per heavy atom. The minimum atomic E-state index is -1.23. The third-order valence-corrected chi connectivity index (χ3v) is 7.97. The summed E-state index contributed by atoms with van der Waals surface area (Å²) < 4.78 is 0. The van der Waals surface area contributed by atoms with Gasteiger partial charge >= 0.3 is 5.97 Å². The van der Waals surface area contributed by atoms with Crippen molar-refractivity contribution in [2.75, 3.05) is 11.9 Å². The number of aliphatic carboxylic acids is 1. The maximum Gasteiger partial charge on any atom is 0.326 e. The Bertz CT molecular complexity index is 1500. The normalized spacial score (nSPS) is 20.8. The average Bonchev–Trinajstić information content (AvgIpc) is 3.52. The summed E-state index contributed by atoms with van der Waals surface area (Å²) in [6, 6.07) is 16.4. The lowest BCUT2D eigenvalue weighted by molar-refractivity contribution is -0.142. The lowest BCUT2D eigenvalue weighted by Crippen LogP contribution is -2.51. The van der Waals surface area contributed by atoms with Crippen molar-refractivity contribution in [3.8, 4) is 0 Å². The zero-order valence-corrected chi connectivity index (χ0v) is 25.2. The summed E-state index contributed by atoms with van der Waals surface area (Å²) >= 11 is 1.42. The molecule has 3 atom stereocenters. The summed E-state index contributed by atoms with van der Waals surface area (Å²) in [5.74, 6) is -3.87. The average molecular weight is 634 g/mol. The number of benzene rings is 2. The van der Waals surface area contributed by atoms with Crippen molar-refractivity contribution in [2.45, 2.75) is 56.7 Å². The Morgan fingerprint density at radius 1 is 0.756 bits per heavy atom. The van der Waals surface area contributed by atoms with Gasteiger partial charge in [0.2, 0.25) is 29.5 Å². The molecule has 3 heterocycles. The van der Waals surface area contributed by atoms with Gasteiger partial charge in [-0.2, -0.15) is 0 Å². The molecule has 6 N–H and O–H groups in total. The van der Waals surface area contributed by atoms with Crippen LogP contribution in [0.15, 0.2) is 72.1 Å². The number of amides is 5. The summed E-state index contributed by atoms with van der Waals surface area (Å²) in [5.41, 5.74) is 1.92. The van der Waals surface area contributed by atoms with Crippen LogP contribution in [0, 0.1) is 0 Å². The number of anilines is 1. The Hall–Kier alpha value is -5.04. The molecule has 0 saturated heterocycles. The molecule has 12 nitrogen and oxygen atoms in total. The van der Waals surface area contributed by atoms with Crippen molar-refractivity contribution >= 4 is 52.5 Å². The second-order valence-electron chi connectivity index (χ2n) is 10.7. The van der Waals surface area contributed by atoms with E-state index < -0.39 is 60.2 Å². The van der Waals surface area contributed by atoms with Gasteiger partial charge in [-0.3, -0.25) is 24.0 Å². The molecule has 2 aromatic carbocycles. The fourth-order valence-corrected chi connectivity index (χ4v) is 5.59. The van der Waals surface area contributed by atoms with Gasteiger partial charge in [-0.25, -0.2) is 4.79 Å². The van der Waals surface area contributed by atoms with E-state index in [9.17, 15) is 33.9 Å². The zero-order chi connectivity index (χ0) is 32.2. The number of carbonyl (C=O) groups is 6. The molecular weight excluding hydrogens is 598 g/mol.